The predicted octanol–water partition coefficient (Wildman–Crippen LogP) is 3.14. The second-order valence-electron chi connectivity index (χ2n) is 8.74. The third kappa shape index (κ3) is 3.00. The zero-order valence-corrected chi connectivity index (χ0v) is 18.8. The van der Waals surface area contributed by atoms with E-state index in [0.717, 1.165) is 3.57 Å². The van der Waals surface area contributed by atoms with Crippen molar-refractivity contribution >= 4 is 44.6 Å². The van der Waals surface area contributed by atoms with E-state index in [0.29, 0.717) is 30.6 Å². The zero-order valence-electron chi connectivity index (χ0n) is 15.8. The third-order valence-corrected chi connectivity index (χ3v) is 8.51. The summed E-state index contributed by atoms with van der Waals surface area (Å²) in [5.41, 5.74) is -1.02. The Balaban J connectivity index is 1.47. The van der Waals surface area contributed by atoms with Gasteiger partial charge in [0.15, 0.2) is 5.75 Å². The standard InChI is InChI=1S/C19H17F2IO8S/c20-19(21,31(25,26)27)16(24)30-17-6-9-4-10(7-17)18(11(5-9)8-17)28-14-12(15(23)29-18)2-1-3-13(14)22/h1-3,9-11H,4-8H2,(H,25,26,27). The van der Waals surface area contributed by atoms with Gasteiger partial charge in [-0.15, -0.1) is 0 Å². The lowest BCUT2D eigenvalue weighted by atomic mass is 9.51. The lowest BCUT2D eigenvalue weighted by Gasteiger charge is -2.63. The van der Waals surface area contributed by atoms with Gasteiger partial charge in [0.25, 0.3) is 5.79 Å². The van der Waals surface area contributed by atoms with Gasteiger partial charge in [-0.2, -0.15) is 17.2 Å². The summed E-state index contributed by atoms with van der Waals surface area (Å²) in [6.07, 6.45) is 1.65. The van der Waals surface area contributed by atoms with Crippen LogP contribution in [0, 0.1) is 21.3 Å². The Kier molecular flexibility index (Phi) is 4.47. The van der Waals surface area contributed by atoms with E-state index < -0.39 is 50.5 Å². The highest BCUT2D eigenvalue weighted by molar-refractivity contribution is 14.1. The van der Waals surface area contributed by atoms with Gasteiger partial charge in [-0.3, -0.25) is 4.55 Å². The first-order valence-electron chi connectivity index (χ1n) is 9.66. The van der Waals surface area contributed by atoms with E-state index in [1.165, 1.54) is 0 Å². The quantitative estimate of drug-likeness (QED) is 0.335. The Labute approximate surface area is 189 Å². The summed E-state index contributed by atoms with van der Waals surface area (Å²) >= 11 is 2.06. The molecule has 0 amide bonds. The van der Waals surface area contributed by atoms with Crippen molar-refractivity contribution in [1.82, 2.24) is 0 Å². The summed E-state index contributed by atoms with van der Waals surface area (Å²) in [7, 11) is -5.96. The van der Waals surface area contributed by atoms with Crippen LogP contribution in [-0.2, 0) is 24.4 Å². The molecule has 0 saturated heterocycles. The van der Waals surface area contributed by atoms with E-state index in [1.807, 2.05) is 0 Å². The fraction of sp³-hybridized carbons (Fsp3) is 0.579. The highest BCUT2D eigenvalue weighted by Gasteiger charge is 2.69. The van der Waals surface area contributed by atoms with Crippen LogP contribution >= 0.6 is 22.6 Å². The molecule has 2 atom stereocenters. The van der Waals surface area contributed by atoms with Gasteiger partial charge in [-0.1, -0.05) is 6.07 Å². The number of esters is 2. The number of para-hydroxylation sites is 1. The monoisotopic (exact) mass is 570 g/mol. The number of fused-ring (bicyclic) bond motifs is 1. The fourth-order valence-electron chi connectivity index (χ4n) is 5.83. The Morgan fingerprint density at radius 3 is 2.45 bits per heavy atom. The van der Waals surface area contributed by atoms with Crippen LogP contribution in [0.4, 0.5) is 8.78 Å². The van der Waals surface area contributed by atoms with E-state index in [9.17, 15) is 26.8 Å². The van der Waals surface area contributed by atoms with Crippen LogP contribution in [0.5, 0.6) is 5.75 Å². The Hall–Kier alpha value is -1.54. The van der Waals surface area contributed by atoms with Gasteiger partial charge in [-0.05, 0) is 72.7 Å². The highest BCUT2D eigenvalue weighted by atomic mass is 127. The van der Waals surface area contributed by atoms with Crippen LogP contribution in [-0.4, -0.2) is 41.6 Å². The van der Waals surface area contributed by atoms with Gasteiger partial charge in [0.05, 0.1) is 3.57 Å². The maximum atomic E-state index is 13.8. The Morgan fingerprint density at radius 2 is 1.84 bits per heavy atom. The molecule has 31 heavy (non-hydrogen) atoms. The highest BCUT2D eigenvalue weighted by Crippen LogP contribution is 2.64. The average Bonchev–Trinajstić information content (AvgIpc) is 2.65. The van der Waals surface area contributed by atoms with Gasteiger partial charge in [0.1, 0.15) is 11.2 Å². The first-order chi connectivity index (χ1) is 14.4. The van der Waals surface area contributed by atoms with E-state index in [2.05, 4.69) is 22.6 Å². The minimum absolute atomic E-state index is 0.0221. The molecule has 168 valence electrons. The van der Waals surface area contributed by atoms with E-state index in [4.69, 9.17) is 18.8 Å². The molecule has 12 heteroatoms. The van der Waals surface area contributed by atoms with Gasteiger partial charge in [0, 0.05) is 11.8 Å². The second-order valence-corrected chi connectivity index (χ2v) is 11.4. The second kappa shape index (κ2) is 6.50. The number of alkyl halides is 2. The molecule has 4 aliphatic carbocycles. The first-order valence-corrected chi connectivity index (χ1v) is 12.2. The van der Waals surface area contributed by atoms with Crippen LogP contribution in [0.3, 0.4) is 0 Å². The number of hydrogen-bond donors (Lipinski definition) is 1. The number of ether oxygens (including phenoxy) is 3. The molecular formula is C19H17F2IO8S. The van der Waals surface area contributed by atoms with Gasteiger partial charge >= 0.3 is 27.3 Å². The first kappa shape index (κ1) is 21.3. The van der Waals surface area contributed by atoms with Gasteiger partial charge in [0.2, 0.25) is 0 Å². The number of carbonyl (C=O) groups excluding carboxylic acids is 2. The molecule has 4 bridgehead atoms. The minimum atomic E-state index is -5.96. The van der Waals surface area contributed by atoms with E-state index in [1.54, 1.807) is 18.2 Å². The maximum Gasteiger partial charge on any atom is 0.465 e. The Morgan fingerprint density at radius 1 is 1.19 bits per heavy atom. The largest absolute Gasteiger partial charge is 0.465 e. The van der Waals surface area contributed by atoms with Crippen LogP contribution in [0.2, 0.25) is 0 Å². The topological polar surface area (TPSA) is 116 Å². The van der Waals surface area contributed by atoms with Crippen molar-refractivity contribution < 1.29 is 45.6 Å². The van der Waals surface area contributed by atoms with Crippen molar-refractivity contribution in [1.29, 1.82) is 0 Å². The number of hydrogen-bond acceptors (Lipinski definition) is 7. The summed E-state index contributed by atoms with van der Waals surface area (Å²) in [5.74, 6) is -4.52. The van der Waals surface area contributed by atoms with Crippen molar-refractivity contribution in [2.45, 2.75) is 48.7 Å². The van der Waals surface area contributed by atoms with Crippen LogP contribution in [0.25, 0.3) is 0 Å². The molecule has 4 saturated carbocycles. The molecule has 1 aromatic carbocycles. The van der Waals surface area contributed by atoms with Crippen molar-refractivity contribution in [3.63, 3.8) is 0 Å². The molecule has 1 aromatic rings. The molecule has 0 radical (unpaired) electrons. The Bertz CT molecular complexity index is 1090. The van der Waals surface area contributed by atoms with Crippen LogP contribution < -0.4 is 4.74 Å². The summed E-state index contributed by atoms with van der Waals surface area (Å²) < 4.78 is 76.1. The summed E-state index contributed by atoms with van der Waals surface area (Å²) in [4.78, 5) is 24.7. The smallest absolute Gasteiger partial charge is 0.454 e. The third-order valence-electron chi connectivity index (χ3n) is 6.84. The molecule has 4 fully saturated rings. The molecule has 0 aromatic heterocycles. The van der Waals surface area contributed by atoms with E-state index >= 15 is 0 Å². The molecular weight excluding hydrogens is 553 g/mol. The predicted molar refractivity (Wildman–Crippen MR) is 107 cm³/mol. The number of halogens is 3. The molecule has 6 rings (SSSR count). The normalized spacial score (nSPS) is 36.0. The number of benzene rings is 1. The maximum absolute atomic E-state index is 13.8. The molecule has 5 aliphatic rings. The SMILES string of the molecule is O=C1OC2(Oc3c(I)cccc31)C1CC3CC2CC(OC(=O)C(F)(F)S(=O)(=O)O)(C3)C1. The number of carbonyl (C=O) groups is 2. The fourth-order valence-corrected chi connectivity index (χ4v) is 6.69. The minimum Gasteiger partial charge on any atom is -0.454 e. The summed E-state index contributed by atoms with van der Waals surface area (Å²) in [6, 6.07) is 5.11. The number of rotatable bonds is 3. The average molecular weight is 570 g/mol. The molecule has 1 heterocycles. The lowest BCUT2D eigenvalue weighted by Crippen LogP contribution is -2.69. The van der Waals surface area contributed by atoms with Crippen molar-refractivity contribution in [2.24, 2.45) is 17.8 Å². The molecule has 1 N–H and O–H groups in total. The van der Waals surface area contributed by atoms with Crippen molar-refractivity contribution in [2.75, 3.05) is 0 Å². The lowest BCUT2D eigenvalue weighted by molar-refractivity contribution is -0.309. The summed E-state index contributed by atoms with van der Waals surface area (Å²) in [5, 5.41) is -5.06. The molecule has 1 aliphatic heterocycles. The molecule has 2 unspecified atom stereocenters. The van der Waals surface area contributed by atoms with Crippen molar-refractivity contribution in [3.8, 4) is 5.75 Å². The van der Waals surface area contributed by atoms with Crippen LogP contribution in [0.15, 0.2) is 18.2 Å². The molecule has 1 spiro atoms. The van der Waals surface area contributed by atoms with Gasteiger partial charge in [-0.25, -0.2) is 9.59 Å². The zero-order chi connectivity index (χ0) is 22.4. The van der Waals surface area contributed by atoms with Gasteiger partial charge < -0.3 is 14.2 Å². The van der Waals surface area contributed by atoms with Crippen molar-refractivity contribution in [3.05, 3.63) is 27.3 Å². The molecule has 8 nitrogen and oxygen atoms in total. The summed E-state index contributed by atoms with van der Waals surface area (Å²) in [6.45, 7) is 0. The van der Waals surface area contributed by atoms with Crippen LogP contribution in [0.1, 0.15) is 42.5 Å². The van der Waals surface area contributed by atoms with E-state index in [-0.39, 0.29) is 18.8 Å².